The van der Waals surface area contributed by atoms with E-state index in [9.17, 15) is 8.42 Å². The molecule has 0 saturated heterocycles. The molecule has 0 spiro atoms. The number of hydrogen-bond donors (Lipinski definition) is 1. The Labute approximate surface area is 119 Å². The van der Waals surface area contributed by atoms with Crippen LogP contribution in [0.2, 0.25) is 0 Å². The van der Waals surface area contributed by atoms with Crippen molar-refractivity contribution in [2.75, 3.05) is 51.6 Å². The van der Waals surface area contributed by atoms with Gasteiger partial charge in [-0.3, -0.25) is 0 Å². The average Bonchev–Trinajstić information content (AvgIpc) is 2.42. The molecule has 0 aliphatic carbocycles. The van der Waals surface area contributed by atoms with Crippen molar-refractivity contribution in [1.82, 2.24) is 0 Å². The molecule has 0 atom stereocenters. The normalized spacial score (nSPS) is 11.7. The van der Waals surface area contributed by atoms with Crippen LogP contribution in [0.3, 0.4) is 0 Å². The summed E-state index contributed by atoms with van der Waals surface area (Å²) < 4.78 is 39.2. The van der Waals surface area contributed by atoms with E-state index >= 15 is 0 Å². The van der Waals surface area contributed by atoms with E-state index in [2.05, 4.69) is 0 Å². The molecule has 20 heavy (non-hydrogen) atoms. The predicted molar refractivity (Wildman–Crippen MR) is 76.4 cm³/mol. The van der Waals surface area contributed by atoms with E-state index in [-0.39, 0.29) is 17.3 Å². The number of hydrogen-bond acceptors (Lipinski definition) is 6. The van der Waals surface area contributed by atoms with Crippen LogP contribution in [-0.4, -0.2) is 54.3 Å². The Morgan fingerprint density at radius 1 is 1.05 bits per heavy atom. The summed E-state index contributed by atoms with van der Waals surface area (Å²) in [5, 5.41) is 0. The molecule has 114 valence electrons. The lowest BCUT2D eigenvalue weighted by atomic mass is 10.3. The number of anilines is 1. The molecule has 0 saturated carbocycles. The van der Waals surface area contributed by atoms with Crippen molar-refractivity contribution in [2.24, 2.45) is 0 Å². The Hall–Kier alpha value is -1.15. The van der Waals surface area contributed by atoms with Gasteiger partial charge in [-0.15, -0.1) is 0 Å². The third-order valence-electron chi connectivity index (χ3n) is 2.52. The molecule has 1 aromatic rings. The minimum atomic E-state index is -3.35. The van der Waals surface area contributed by atoms with Crippen molar-refractivity contribution >= 4 is 15.5 Å². The summed E-state index contributed by atoms with van der Waals surface area (Å²) >= 11 is 0. The highest BCUT2D eigenvalue weighted by Crippen LogP contribution is 2.14. The number of ether oxygens (including phenoxy) is 3. The van der Waals surface area contributed by atoms with Crippen LogP contribution in [0.5, 0.6) is 0 Å². The lowest BCUT2D eigenvalue weighted by Gasteiger charge is -2.07. The zero-order valence-electron chi connectivity index (χ0n) is 11.6. The van der Waals surface area contributed by atoms with E-state index in [1.807, 2.05) is 0 Å². The second-order valence-corrected chi connectivity index (χ2v) is 6.22. The highest BCUT2D eigenvalue weighted by molar-refractivity contribution is 7.91. The minimum absolute atomic E-state index is 0.0749. The van der Waals surface area contributed by atoms with Crippen LogP contribution in [-0.2, 0) is 24.0 Å². The number of benzene rings is 1. The number of rotatable bonds is 10. The summed E-state index contributed by atoms with van der Waals surface area (Å²) in [6.45, 7) is 1.94. The van der Waals surface area contributed by atoms with Crippen molar-refractivity contribution in [3.63, 3.8) is 0 Å². The lowest BCUT2D eigenvalue weighted by Crippen LogP contribution is -2.15. The van der Waals surface area contributed by atoms with E-state index in [1.165, 1.54) is 12.1 Å². The van der Waals surface area contributed by atoms with Gasteiger partial charge in [0.1, 0.15) is 0 Å². The van der Waals surface area contributed by atoms with Crippen LogP contribution >= 0.6 is 0 Å². The molecule has 7 heteroatoms. The van der Waals surface area contributed by atoms with Crippen molar-refractivity contribution in [2.45, 2.75) is 4.90 Å². The zero-order valence-corrected chi connectivity index (χ0v) is 12.4. The van der Waals surface area contributed by atoms with E-state index in [4.69, 9.17) is 19.9 Å². The Morgan fingerprint density at radius 3 is 2.35 bits per heavy atom. The molecular formula is C13H21NO5S. The smallest absolute Gasteiger partial charge is 0.180 e. The van der Waals surface area contributed by atoms with Gasteiger partial charge in [0.15, 0.2) is 9.84 Å². The second kappa shape index (κ2) is 8.91. The molecule has 0 heterocycles. The van der Waals surface area contributed by atoms with Crippen LogP contribution in [0, 0.1) is 0 Å². The zero-order chi connectivity index (χ0) is 14.8. The van der Waals surface area contributed by atoms with Gasteiger partial charge < -0.3 is 19.9 Å². The third kappa shape index (κ3) is 6.33. The van der Waals surface area contributed by atoms with Crippen molar-refractivity contribution < 1.29 is 22.6 Å². The van der Waals surface area contributed by atoms with Gasteiger partial charge in [0.2, 0.25) is 0 Å². The molecule has 1 aromatic carbocycles. The van der Waals surface area contributed by atoms with Gasteiger partial charge in [-0.05, 0) is 18.2 Å². The average molecular weight is 303 g/mol. The van der Waals surface area contributed by atoms with Crippen molar-refractivity contribution in [3.8, 4) is 0 Å². The summed E-state index contributed by atoms with van der Waals surface area (Å²) in [6, 6.07) is 6.24. The lowest BCUT2D eigenvalue weighted by molar-refractivity contribution is 0.0284. The number of methoxy groups -OCH3 is 1. The van der Waals surface area contributed by atoms with Gasteiger partial charge >= 0.3 is 0 Å². The largest absolute Gasteiger partial charge is 0.399 e. The fourth-order valence-corrected chi connectivity index (χ4v) is 2.63. The van der Waals surface area contributed by atoms with Gasteiger partial charge in [0.25, 0.3) is 0 Å². The van der Waals surface area contributed by atoms with Gasteiger partial charge in [-0.2, -0.15) is 0 Å². The highest BCUT2D eigenvalue weighted by Gasteiger charge is 2.14. The van der Waals surface area contributed by atoms with Gasteiger partial charge in [0.05, 0.1) is 43.7 Å². The van der Waals surface area contributed by atoms with Crippen LogP contribution in [0.25, 0.3) is 0 Å². The summed E-state index contributed by atoms with van der Waals surface area (Å²) in [6.07, 6.45) is 0. The monoisotopic (exact) mass is 303 g/mol. The molecule has 0 radical (unpaired) electrons. The summed E-state index contributed by atoms with van der Waals surface area (Å²) in [5.41, 5.74) is 6.00. The van der Waals surface area contributed by atoms with E-state index in [1.54, 1.807) is 19.2 Å². The maximum absolute atomic E-state index is 12.0. The Balaban J connectivity index is 2.24. The molecule has 0 fully saturated rings. The SMILES string of the molecule is COCCOCCOCCS(=O)(=O)c1cccc(N)c1. The molecule has 2 N–H and O–H groups in total. The highest BCUT2D eigenvalue weighted by atomic mass is 32.2. The van der Waals surface area contributed by atoms with E-state index < -0.39 is 9.84 Å². The first-order valence-corrected chi connectivity index (χ1v) is 7.94. The Morgan fingerprint density at radius 2 is 1.70 bits per heavy atom. The Kier molecular flexibility index (Phi) is 7.53. The van der Waals surface area contributed by atoms with Crippen LogP contribution in [0.4, 0.5) is 5.69 Å². The van der Waals surface area contributed by atoms with Crippen molar-refractivity contribution in [1.29, 1.82) is 0 Å². The molecule has 0 aliphatic heterocycles. The molecule has 1 rings (SSSR count). The molecule has 0 aromatic heterocycles. The molecule has 6 nitrogen and oxygen atoms in total. The fourth-order valence-electron chi connectivity index (χ4n) is 1.46. The third-order valence-corrected chi connectivity index (χ3v) is 4.19. The first-order chi connectivity index (χ1) is 9.56. The maximum atomic E-state index is 12.0. The number of nitrogens with two attached hydrogens (primary N) is 1. The summed E-state index contributed by atoms with van der Waals surface area (Å²) in [4.78, 5) is 0.220. The van der Waals surface area contributed by atoms with Crippen LogP contribution in [0.15, 0.2) is 29.2 Å². The van der Waals surface area contributed by atoms with Crippen LogP contribution < -0.4 is 5.73 Å². The quantitative estimate of drug-likeness (QED) is 0.506. The summed E-state index contributed by atoms with van der Waals surface area (Å²) in [7, 11) is -1.75. The van der Waals surface area contributed by atoms with Gasteiger partial charge in [0, 0.05) is 12.8 Å². The molecule has 0 aliphatic rings. The van der Waals surface area contributed by atoms with Gasteiger partial charge in [-0.25, -0.2) is 8.42 Å². The first kappa shape index (κ1) is 16.9. The topological polar surface area (TPSA) is 87.9 Å². The molecular weight excluding hydrogens is 282 g/mol. The minimum Gasteiger partial charge on any atom is -0.399 e. The van der Waals surface area contributed by atoms with E-state index in [0.29, 0.717) is 32.1 Å². The molecule has 0 amide bonds. The molecule has 0 unspecified atom stereocenters. The first-order valence-electron chi connectivity index (χ1n) is 6.29. The van der Waals surface area contributed by atoms with Crippen molar-refractivity contribution in [3.05, 3.63) is 24.3 Å². The predicted octanol–water partition coefficient (Wildman–Crippen LogP) is 0.722. The van der Waals surface area contributed by atoms with E-state index in [0.717, 1.165) is 0 Å². The second-order valence-electron chi connectivity index (χ2n) is 4.11. The fraction of sp³-hybridized carbons (Fsp3) is 0.538. The Bertz CT molecular complexity index is 489. The molecule has 0 bridgehead atoms. The van der Waals surface area contributed by atoms with Crippen LogP contribution in [0.1, 0.15) is 0 Å². The number of nitrogen functional groups attached to an aromatic ring is 1. The number of sulfone groups is 1. The standard InChI is InChI=1S/C13H21NO5S/c1-17-5-6-18-7-8-19-9-10-20(15,16)13-4-2-3-12(14)11-13/h2-4,11H,5-10,14H2,1H3. The van der Waals surface area contributed by atoms with Gasteiger partial charge in [-0.1, -0.05) is 6.07 Å². The maximum Gasteiger partial charge on any atom is 0.180 e. The summed E-state index contributed by atoms with van der Waals surface area (Å²) in [5.74, 6) is -0.0749.